The normalized spacial score (nSPS) is 15.6. The third-order valence-corrected chi connectivity index (χ3v) is 10.6. The number of anilines is 1. The zero-order valence-corrected chi connectivity index (χ0v) is 24.5. The van der Waals surface area contributed by atoms with Crippen LogP contribution in [-0.4, -0.2) is 44.8 Å². The number of benzene rings is 2. The lowest BCUT2D eigenvalue weighted by atomic mass is 10.1. The van der Waals surface area contributed by atoms with Crippen LogP contribution in [0.15, 0.2) is 48.5 Å². The van der Waals surface area contributed by atoms with Crippen LogP contribution < -0.4 is 9.04 Å². The molecule has 7 nitrogen and oxygen atoms in total. The van der Waals surface area contributed by atoms with Crippen LogP contribution in [0.2, 0.25) is 25.7 Å². The van der Waals surface area contributed by atoms with Crippen LogP contribution in [0, 0.1) is 13.8 Å². The molecule has 0 radical (unpaired) electrons. The summed E-state index contributed by atoms with van der Waals surface area (Å²) in [5.74, 6) is -0.00102. The Bertz CT molecular complexity index is 1410. The van der Waals surface area contributed by atoms with E-state index in [2.05, 4.69) is 24.6 Å². The van der Waals surface area contributed by atoms with Gasteiger partial charge in [0.15, 0.2) is 0 Å². The second-order valence-electron chi connectivity index (χ2n) is 10.3. The Balaban J connectivity index is 1.66. The lowest BCUT2D eigenvalue weighted by molar-refractivity contribution is -0.123. The third kappa shape index (κ3) is 6.49. The van der Waals surface area contributed by atoms with Crippen molar-refractivity contribution >= 4 is 53.4 Å². The number of carbonyl (C=O) groups excluding carboxylic acids is 1. The number of amides is 1. The molecule has 10 heteroatoms. The van der Waals surface area contributed by atoms with Gasteiger partial charge in [-0.25, -0.2) is 13.6 Å². The van der Waals surface area contributed by atoms with Gasteiger partial charge in [-0.3, -0.25) is 4.79 Å². The first-order valence-corrected chi connectivity index (χ1v) is 18.1. The van der Waals surface area contributed by atoms with Crippen molar-refractivity contribution < 1.29 is 17.9 Å². The first-order chi connectivity index (χ1) is 17.4. The van der Waals surface area contributed by atoms with E-state index in [1.54, 1.807) is 17.4 Å². The highest BCUT2D eigenvalue weighted by atomic mass is 32.2. The first kappa shape index (κ1) is 27.1. The van der Waals surface area contributed by atoms with Crippen molar-refractivity contribution in [2.24, 2.45) is 0 Å². The van der Waals surface area contributed by atoms with Crippen LogP contribution in [0.5, 0.6) is 5.75 Å². The molecule has 0 aliphatic carbocycles. The molecule has 1 aliphatic rings. The highest BCUT2D eigenvalue weighted by Crippen LogP contribution is 2.36. The van der Waals surface area contributed by atoms with Crippen molar-refractivity contribution in [3.8, 4) is 5.75 Å². The molecule has 196 valence electrons. The maximum atomic E-state index is 13.5. The summed E-state index contributed by atoms with van der Waals surface area (Å²) in [5, 5.41) is 1.00. The number of aromatic nitrogens is 1. The lowest BCUT2D eigenvalue weighted by Crippen LogP contribution is -2.37. The Morgan fingerprint density at radius 1 is 1.08 bits per heavy atom. The minimum Gasteiger partial charge on any atom is -0.487 e. The molecule has 1 saturated heterocycles. The first-order valence-electron chi connectivity index (χ1n) is 12.2. The molecular formula is C27H33N3O4S2Si. The predicted molar refractivity (Wildman–Crippen MR) is 154 cm³/mol. The topological polar surface area (TPSA) is 79.8 Å². The number of ether oxygens (including phenoxy) is 1. The minimum atomic E-state index is -3.99. The van der Waals surface area contributed by atoms with Crippen LogP contribution in [0.3, 0.4) is 0 Å². The summed E-state index contributed by atoms with van der Waals surface area (Å²) < 4.78 is 35.3. The SMILES string of the molecule is Cc1nc(C)c(C=Cc2ccc(N3CC(=O)N(CC[Si](C)(C)C)S3(=O)=O)c(OCc3ccccc3)c2)s1. The van der Waals surface area contributed by atoms with Crippen molar-refractivity contribution in [3.05, 3.63) is 75.2 Å². The molecule has 4 rings (SSSR count). The summed E-state index contributed by atoms with van der Waals surface area (Å²) in [6.45, 7) is 10.7. The molecule has 1 aliphatic heterocycles. The molecule has 2 aromatic carbocycles. The molecule has 0 atom stereocenters. The van der Waals surface area contributed by atoms with Gasteiger partial charge in [-0.1, -0.05) is 62.1 Å². The van der Waals surface area contributed by atoms with E-state index in [1.807, 2.05) is 68.5 Å². The van der Waals surface area contributed by atoms with Gasteiger partial charge < -0.3 is 4.74 Å². The Morgan fingerprint density at radius 2 is 1.81 bits per heavy atom. The van der Waals surface area contributed by atoms with Gasteiger partial charge in [0.25, 0.3) is 5.91 Å². The van der Waals surface area contributed by atoms with Crippen molar-refractivity contribution in [1.82, 2.24) is 9.29 Å². The van der Waals surface area contributed by atoms with E-state index in [0.717, 1.165) is 31.0 Å². The Labute approximate surface area is 224 Å². The third-order valence-electron chi connectivity index (χ3n) is 6.04. The number of hydrogen-bond acceptors (Lipinski definition) is 6. The molecule has 0 saturated carbocycles. The molecule has 3 aromatic rings. The molecule has 1 amide bonds. The number of thiazole rings is 1. The van der Waals surface area contributed by atoms with E-state index >= 15 is 0 Å². The van der Waals surface area contributed by atoms with Gasteiger partial charge >= 0.3 is 10.2 Å². The van der Waals surface area contributed by atoms with Gasteiger partial charge in [0.1, 0.15) is 18.9 Å². The number of aryl methyl sites for hydroxylation is 2. The van der Waals surface area contributed by atoms with Crippen LogP contribution >= 0.6 is 11.3 Å². The second kappa shape index (κ2) is 10.8. The Hall–Kier alpha value is -2.95. The van der Waals surface area contributed by atoms with Crippen molar-refractivity contribution in [3.63, 3.8) is 0 Å². The summed E-state index contributed by atoms with van der Waals surface area (Å²) >= 11 is 1.62. The standard InChI is InChI=1S/C27H33N3O4S2Si/c1-20-26(35-21(2)28-20)14-12-22-11-13-24(25(17-22)34-19-23-9-7-6-8-10-23)30-18-27(31)29(36(30,32)33)15-16-37(3,4)5/h6-14,17H,15-16,18-19H2,1-5H3. The highest BCUT2D eigenvalue weighted by molar-refractivity contribution is 7.91. The van der Waals surface area contributed by atoms with Crippen molar-refractivity contribution in [1.29, 1.82) is 0 Å². The fourth-order valence-corrected chi connectivity index (χ4v) is 7.42. The van der Waals surface area contributed by atoms with Crippen LogP contribution in [-0.2, 0) is 21.6 Å². The van der Waals surface area contributed by atoms with Gasteiger partial charge in [-0.2, -0.15) is 8.42 Å². The molecule has 1 fully saturated rings. The smallest absolute Gasteiger partial charge is 0.329 e. The number of rotatable bonds is 9. The minimum absolute atomic E-state index is 0.210. The molecule has 0 N–H and O–H groups in total. The summed E-state index contributed by atoms with van der Waals surface area (Å²) in [7, 11) is -5.53. The zero-order valence-electron chi connectivity index (χ0n) is 21.9. The number of carbonyl (C=O) groups is 1. The van der Waals surface area contributed by atoms with Crippen LogP contribution in [0.4, 0.5) is 5.69 Å². The zero-order chi connectivity index (χ0) is 26.8. The van der Waals surface area contributed by atoms with E-state index in [0.29, 0.717) is 17.5 Å². The summed E-state index contributed by atoms with van der Waals surface area (Å²) in [6.07, 6.45) is 3.97. The number of nitrogens with zero attached hydrogens (tertiary/aromatic N) is 3. The second-order valence-corrected chi connectivity index (χ2v) is 18.9. The molecule has 37 heavy (non-hydrogen) atoms. The van der Waals surface area contributed by atoms with E-state index in [4.69, 9.17) is 4.74 Å². The largest absolute Gasteiger partial charge is 0.487 e. The summed E-state index contributed by atoms with van der Waals surface area (Å²) in [6, 6.07) is 15.8. The van der Waals surface area contributed by atoms with Crippen LogP contribution in [0.25, 0.3) is 12.2 Å². The Kier molecular flexibility index (Phi) is 7.91. The molecule has 0 spiro atoms. The van der Waals surface area contributed by atoms with Crippen molar-refractivity contribution in [2.45, 2.75) is 46.1 Å². The average molecular weight is 556 g/mol. The predicted octanol–water partition coefficient (Wildman–Crippen LogP) is 5.74. The average Bonchev–Trinajstić information content (AvgIpc) is 3.27. The summed E-state index contributed by atoms with van der Waals surface area (Å²) in [4.78, 5) is 18.3. The van der Waals surface area contributed by atoms with E-state index in [-0.39, 0.29) is 19.7 Å². The van der Waals surface area contributed by atoms with Gasteiger partial charge in [-0.15, -0.1) is 11.3 Å². The van der Waals surface area contributed by atoms with Crippen LogP contribution in [0.1, 0.15) is 26.7 Å². The monoisotopic (exact) mass is 555 g/mol. The molecular weight excluding hydrogens is 523 g/mol. The maximum absolute atomic E-state index is 13.5. The van der Waals surface area contributed by atoms with Gasteiger partial charge in [-0.05, 0) is 49.2 Å². The lowest BCUT2D eigenvalue weighted by Gasteiger charge is -2.24. The van der Waals surface area contributed by atoms with Gasteiger partial charge in [0.2, 0.25) is 0 Å². The Morgan fingerprint density at radius 3 is 2.46 bits per heavy atom. The molecule has 0 bridgehead atoms. The number of hydrogen-bond donors (Lipinski definition) is 0. The molecule has 2 heterocycles. The highest BCUT2D eigenvalue weighted by Gasteiger charge is 2.43. The summed E-state index contributed by atoms with van der Waals surface area (Å²) in [5.41, 5.74) is 3.15. The quantitative estimate of drug-likeness (QED) is 0.315. The van der Waals surface area contributed by atoms with E-state index in [9.17, 15) is 13.2 Å². The fourth-order valence-electron chi connectivity index (χ4n) is 3.98. The fraction of sp³-hybridized carbons (Fsp3) is 0.333. The van der Waals surface area contributed by atoms with Crippen molar-refractivity contribution in [2.75, 3.05) is 17.4 Å². The molecule has 1 aromatic heterocycles. The van der Waals surface area contributed by atoms with E-state index < -0.39 is 24.2 Å². The van der Waals surface area contributed by atoms with E-state index in [1.165, 1.54) is 4.31 Å². The maximum Gasteiger partial charge on any atom is 0.329 e. The molecule has 0 unspecified atom stereocenters. The van der Waals surface area contributed by atoms with Gasteiger partial charge in [0, 0.05) is 14.6 Å². The van der Waals surface area contributed by atoms with Gasteiger partial charge in [0.05, 0.1) is 21.3 Å².